The van der Waals surface area contributed by atoms with Crippen LogP contribution in [0.15, 0.2) is 372 Å². The van der Waals surface area contributed by atoms with Crippen LogP contribution in [0.25, 0.3) is 290 Å². The standard InChI is InChI=1S/C45H29NO2.C39H25NO2.C36H19NO2/c1-25(2)27-16-17-29(36(22-27)26-10-4-3-5-11-26)28-23-37-32-18-20-34-30-12-6-8-14-39(30)47-44(34)42(32)46-41(37)38(24-28)33-19-21-35-31-13-7-9-15-40(31)48-45(35)43(33)46;1-20-16-23(17-21(2)22(20)3)24-18-31-27-12-14-29-25-8-4-6-10-33(25)41-38(29)36(27)40-35(31)32(19-24)28-13-15-30-26-9-5-7-11-34(26)42-39(30)37(28)40;1-2-8-20(9-3-1)21-18-28-24-14-16-26-22-10-4-6-12-30(22)38-35(26)33(24)37-32(28)29(19-21)25-15-17-27-23-11-5-7-13-31(23)39-36(27)34(25)37/h3-25H,1-2H3;4-19H,1-3H3;1-19H. The molecule has 19 aromatic carbocycles. The first-order chi connectivity index (χ1) is 63.5. The summed E-state index contributed by atoms with van der Waals surface area (Å²) < 4.78 is 47.2. The molecule has 12 aromatic heterocycles. The molecule has 0 N–H and O–H groups in total. The fourth-order valence-corrected chi connectivity index (χ4v) is 22.5. The second kappa shape index (κ2) is 25.8. The number of aromatic nitrogens is 3. The Balaban J connectivity index is 0.0000000961. The van der Waals surface area contributed by atoms with Gasteiger partial charge < -0.3 is 39.7 Å². The van der Waals surface area contributed by atoms with E-state index in [0.717, 1.165) is 165 Å². The Bertz CT molecular complexity index is 9800. The lowest BCUT2D eigenvalue weighted by Crippen LogP contribution is -1.92. The molecule has 0 saturated heterocycles. The average Bonchev–Trinajstić information content (AvgIpc) is 1.52. The van der Waals surface area contributed by atoms with Crippen molar-refractivity contribution in [1.29, 1.82) is 0 Å². The number of hydrogen-bond acceptors (Lipinski definition) is 6. The molecule has 31 rings (SSSR count). The zero-order valence-electron chi connectivity index (χ0n) is 70.8. The van der Waals surface area contributed by atoms with E-state index >= 15 is 0 Å². The molecule has 0 unspecified atom stereocenters. The second-order valence-electron chi connectivity index (χ2n) is 35.8. The maximum atomic E-state index is 6.72. The van der Waals surface area contributed by atoms with Crippen molar-refractivity contribution in [1.82, 2.24) is 13.2 Å². The largest absolute Gasteiger partial charge is 0.454 e. The van der Waals surface area contributed by atoms with Gasteiger partial charge in [0.05, 0.1) is 49.7 Å². The van der Waals surface area contributed by atoms with Crippen molar-refractivity contribution in [2.45, 2.75) is 40.5 Å². The zero-order valence-corrected chi connectivity index (χ0v) is 70.8. The van der Waals surface area contributed by atoms with Gasteiger partial charge >= 0.3 is 0 Å². The van der Waals surface area contributed by atoms with E-state index in [0.29, 0.717) is 5.92 Å². The Morgan fingerprint density at radius 1 is 0.178 bits per heavy atom. The van der Waals surface area contributed by atoms with Crippen molar-refractivity contribution in [2.75, 3.05) is 0 Å². The lowest BCUT2D eigenvalue weighted by molar-refractivity contribution is 0.669. The molecule has 0 aliphatic rings. The topological polar surface area (TPSA) is 92.1 Å². The molecule has 0 spiro atoms. The van der Waals surface area contributed by atoms with Crippen LogP contribution in [0.5, 0.6) is 0 Å². The van der Waals surface area contributed by atoms with E-state index in [1.54, 1.807) is 0 Å². The van der Waals surface area contributed by atoms with E-state index in [-0.39, 0.29) is 0 Å². The normalized spacial score (nSPS) is 12.6. The number of fused-ring (bicyclic) bond motifs is 42. The minimum Gasteiger partial charge on any atom is -0.454 e. The molecule has 0 bridgehead atoms. The molecule has 0 fully saturated rings. The quantitative estimate of drug-likeness (QED) is 0.170. The Morgan fingerprint density at radius 3 is 0.705 bits per heavy atom. The van der Waals surface area contributed by atoms with Crippen molar-refractivity contribution in [3.8, 4) is 44.5 Å². The smallest absolute Gasteiger partial charge is 0.160 e. The van der Waals surface area contributed by atoms with Gasteiger partial charge in [0.2, 0.25) is 0 Å². The summed E-state index contributed by atoms with van der Waals surface area (Å²) in [6.07, 6.45) is 0. The molecule has 0 saturated carbocycles. The Kier molecular flexibility index (Phi) is 14.1. The molecular formula is C120H73N3O6. The van der Waals surface area contributed by atoms with Crippen molar-refractivity contribution in [3.63, 3.8) is 0 Å². The van der Waals surface area contributed by atoms with Crippen LogP contribution >= 0.6 is 0 Å². The van der Waals surface area contributed by atoms with E-state index in [1.165, 1.54) is 148 Å². The van der Waals surface area contributed by atoms with Gasteiger partial charge in [0.15, 0.2) is 33.5 Å². The van der Waals surface area contributed by atoms with Crippen LogP contribution in [0.1, 0.15) is 42.0 Å². The summed E-state index contributed by atoms with van der Waals surface area (Å²) >= 11 is 0. The maximum absolute atomic E-state index is 6.72. The fourth-order valence-electron chi connectivity index (χ4n) is 22.5. The molecule has 31 aromatic rings. The Morgan fingerprint density at radius 2 is 0.419 bits per heavy atom. The maximum Gasteiger partial charge on any atom is 0.160 e. The van der Waals surface area contributed by atoms with Crippen LogP contribution < -0.4 is 0 Å². The van der Waals surface area contributed by atoms with Crippen LogP contribution in [0, 0.1) is 20.8 Å². The molecule has 9 heteroatoms. The van der Waals surface area contributed by atoms with Gasteiger partial charge in [-0.2, -0.15) is 0 Å². The summed E-state index contributed by atoms with van der Waals surface area (Å²) in [6.45, 7) is 11.2. The molecular weight excluding hydrogens is 1580 g/mol. The minimum atomic E-state index is 0.434. The van der Waals surface area contributed by atoms with Crippen molar-refractivity contribution < 1.29 is 26.5 Å². The third-order valence-corrected chi connectivity index (χ3v) is 28.7. The highest BCUT2D eigenvalue weighted by Gasteiger charge is 2.31. The third kappa shape index (κ3) is 9.61. The third-order valence-electron chi connectivity index (χ3n) is 28.7. The highest BCUT2D eigenvalue weighted by atomic mass is 16.4. The zero-order chi connectivity index (χ0) is 84.8. The summed E-state index contributed by atoms with van der Waals surface area (Å²) in [7, 11) is 0. The number of aryl methyl sites for hydroxylation is 2. The number of furan rings is 6. The monoisotopic (exact) mass is 1650 g/mol. The Labute approximate surface area is 733 Å². The van der Waals surface area contributed by atoms with E-state index in [2.05, 4.69) is 357 Å². The average molecular weight is 1650 g/mol. The van der Waals surface area contributed by atoms with Crippen LogP contribution in [0.4, 0.5) is 0 Å². The first kappa shape index (κ1) is 70.7. The predicted molar refractivity (Wildman–Crippen MR) is 537 cm³/mol. The first-order valence-electron chi connectivity index (χ1n) is 44.5. The van der Waals surface area contributed by atoms with Gasteiger partial charge in [-0.1, -0.05) is 250 Å². The fraction of sp³-hybridized carbons (Fsp3) is 0.0500. The summed E-state index contributed by atoms with van der Waals surface area (Å²) in [6, 6.07) is 124. The van der Waals surface area contributed by atoms with Gasteiger partial charge in [0, 0.05) is 129 Å². The first-order valence-corrected chi connectivity index (χ1v) is 44.5. The molecule has 12 heterocycles. The van der Waals surface area contributed by atoms with Gasteiger partial charge in [0.25, 0.3) is 0 Å². The van der Waals surface area contributed by atoms with E-state index in [9.17, 15) is 0 Å². The van der Waals surface area contributed by atoms with Crippen molar-refractivity contribution in [3.05, 3.63) is 368 Å². The molecule has 9 nitrogen and oxygen atoms in total. The second-order valence-corrected chi connectivity index (χ2v) is 35.8. The SMILES string of the molecule is CC(C)c1ccc(-c2cc3c4ccc5c6ccccc6oc5c4n4c3c(c2)c2ccc3c5ccccc5oc3c24)c(-c2ccccc2)c1.Cc1cc(-c2cc3c4ccc5c6ccccc6oc5c4n4c3c(c2)c2ccc3c5ccccc5oc3c24)cc(C)c1C.c1ccc(-c2cc3c4ccc5c6ccccc6oc5c4n4c3c(c2)c2ccc3c5ccccc5oc3c24)cc1. The van der Waals surface area contributed by atoms with E-state index < -0.39 is 0 Å². The number of hydrogen-bond donors (Lipinski definition) is 0. The van der Waals surface area contributed by atoms with Crippen molar-refractivity contribution >= 4 is 246 Å². The van der Waals surface area contributed by atoms with Gasteiger partial charge in [-0.15, -0.1) is 0 Å². The molecule has 604 valence electrons. The van der Waals surface area contributed by atoms with Gasteiger partial charge in [-0.25, -0.2) is 0 Å². The Hall–Kier alpha value is -16.6. The van der Waals surface area contributed by atoms with Crippen LogP contribution in [-0.2, 0) is 0 Å². The van der Waals surface area contributed by atoms with E-state index in [1.807, 2.05) is 36.4 Å². The van der Waals surface area contributed by atoms with Crippen LogP contribution in [0.2, 0.25) is 0 Å². The highest BCUT2D eigenvalue weighted by Crippen LogP contribution is 2.54. The summed E-state index contributed by atoms with van der Waals surface area (Å²) in [4.78, 5) is 0. The molecule has 0 aliphatic carbocycles. The number of nitrogens with zero attached hydrogens (tertiary/aromatic N) is 3. The minimum absolute atomic E-state index is 0.434. The molecule has 0 aliphatic heterocycles. The summed E-state index contributed by atoms with van der Waals surface area (Å²) in [5.74, 6) is 0.434. The van der Waals surface area contributed by atoms with Crippen molar-refractivity contribution in [2.24, 2.45) is 0 Å². The highest BCUT2D eigenvalue weighted by molar-refractivity contribution is 6.36. The molecule has 0 atom stereocenters. The summed E-state index contributed by atoms with van der Waals surface area (Å²) in [5.41, 5.74) is 36.2. The predicted octanol–water partition coefficient (Wildman–Crippen LogP) is 34.6. The van der Waals surface area contributed by atoms with Gasteiger partial charge in [0.1, 0.15) is 33.5 Å². The lowest BCUT2D eigenvalue weighted by Gasteiger charge is -2.15. The number of rotatable bonds is 5. The number of para-hydroxylation sites is 6. The molecule has 129 heavy (non-hydrogen) atoms. The van der Waals surface area contributed by atoms with Crippen LogP contribution in [0.3, 0.4) is 0 Å². The molecule has 0 amide bonds. The molecule has 0 radical (unpaired) electrons. The lowest BCUT2D eigenvalue weighted by atomic mass is 9.89. The number of benzene rings is 19. The summed E-state index contributed by atoms with van der Waals surface area (Å²) in [5, 5.41) is 28.1. The van der Waals surface area contributed by atoms with Crippen LogP contribution in [-0.4, -0.2) is 13.2 Å². The van der Waals surface area contributed by atoms with Gasteiger partial charge in [-0.05, 0) is 203 Å². The van der Waals surface area contributed by atoms with E-state index in [4.69, 9.17) is 26.5 Å². The van der Waals surface area contributed by atoms with Gasteiger partial charge in [-0.3, -0.25) is 0 Å².